The fourth-order valence-electron chi connectivity index (χ4n) is 5.17. The van der Waals surface area contributed by atoms with Crippen LogP contribution in [0.4, 0.5) is 0 Å². The van der Waals surface area contributed by atoms with Crippen molar-refractivity contribution in [2.24, 2.45) is 11.8 Å². The van der Waals surface area contributed by atoms with Gasteiger partial charge in [0.05, 0.1) is 7.11 Å². The van der Waals surface area contributed by atoms with Crippen LogP contribution < -0.4 is 4.74 Å². The van der Waals surface area contributed by atoms with Crippen molar-refractivity contribution in [2.45, 2.75) is 44.1 Å². The van der Waals surface area contributed by atoms with Crippen LogP contribution in [0.25, 0.3) is 0 Å². The predicted molar refractivity (Wildman–Crippen MR) is 81.3 cm³/mol. The minimum Gasteiger partial charge on any atom is -0.497 e. The van der Waals surface area contributed by atoms with Gasteiger partial charge in [-0.25, -0.2) is 0 Å². The highest BCUT2D eigenvalue weighted by atomic mass is 16.5. The Morgan fingerprint density at radius 2 is 2.10 bits per heavy atom. The van der Waals surface area contributed by atoms with Crippen LogP contribution in [0.15, 0.2) is 18.2 Å². The van der Waals surface area contributed by atoms with Crippen LogP contribution in [-0.4, -0.2) is 31.6 Å². The van der Waals surface area contributed by atoms with E-state index in [-0.39, 0.29) is 0 Å². The Kier molecular flexibility index (Phi) is 3.03. The Morgan fingerprint density at radius 1 is 1.20 bits per heavy atom. The molecule has 0 radical (unpaired) electrons. The smallest absolute Gasteiger partial charge is 0.119 e. The molecule has 1 aliphatic heterocycles. The molecule has 0 bridgehead atoms. The molecule has 0 spiro atoms. The third-order valence-electron chi connectivity index (χ3n) is 6.14. The number of methoxy groups -OCH3 is 1. The molecule has 108 valence electrons. The molecule has 1 aromatic carbocycles. The topological polar surface area (TPSA) is 12.5 Å². The van der Waals surface area contributed by atoms with E-state index in [1.165, 1.54) is 38.6 Å². The molecule has 4 rings (SSSR count). The van der Waals surface area contributed by atoms with Crippen LogP contribution in [0.1, 0.15) is 42.7 Å². The molecule has 3 unspecified atom stereocenters. The standard InChI is InChI=1S/C18H25NO/c1-19-9-8-12-4-3-5-15-16-11-14(20-2)7-6-13(16)10-17(19)18(12)15/h6-7,11-12,15,17-18H,3-5,8-10H2,1-2H3/t12?,15?,17-,18?/m0/s1. The van der Waals surface area contributed by atoms with Gasteiger partial charge in [-0.05, 0) is 73.9 Å². The number of piperidine rings is 1. The van der Waals surface area contributed by atoms with Gasteiger partial charge in [-0.2, -0.15) is 0 Å². The van der Waals surface area contributed by atoms with E-state index >= 15 is 0 Å². The average Bonchev–Trinajstić information content (AvgIpc) is 2.50. The summed E-state index contributed by atoms with van der Waals surface area (Å²) in [7, 11) is 4.12. The summed E-state index contributed by atoms with van der Waals surface area (Å²) in [5, 5.41) is 0. The van der Waals surface area contributed by atoms with E-state index < -0.39 is 0 Å². The van der Waals surface area contributed by atoms with Gasteiger partial charge < -0.3 is 9.64 Å². The Hall–Kier alpha value is -1.02. The Labute approximate surface area is 122 Å². The Bertz CT molecular complexity index is 512. The van der Waals surface area contributed by atoms with Crippen molar-refractivity contribution in [3.05, 3.63) is 29.3 Å². The summed E-state index contributed by atoms with van der Waals surface area (Å²) in [4.78, 5) is 2.63. The number of rotatable bonds is 1. The fraction of sp³-hybridized carbons (Fsp3) is 0.667. The SMILES string of the molecule is COc1ccc2c(c1)C1CCCC3CCN(C)[C@@H](C2)C31. The van der Waals surface area contributed by atoms with E-state index in [1.807, 2.05) is 0 Å². The molecular weight excluding hydrogens is 246 g/mol. The molecular formula is C18H25NO. The lowest BCUT2D eigenvalue weighted by molar-refractivity contribution is 0.0182. The van der Waals surface area contributed by atoms with E-state index in [0.29, 0.717) is 0 Å². The van der Waals surface area contributed by atoms with Gasteiger partial charge in [0, 0.05) is 6.04 Å². The highest BCUT2D eigenvalue weighted by Crippen LogP contribution is 2.52. The van der Waals surface area contributed by atoms with Gasteiger partial charge in [-0.15, -0.1) is 0 Å². The van der Waals surface area contributed by atoms with Crippen molar-refractivity contribution in [3.8, 4) is 5.75 Å². The first-order chi connectivity index (χ1) is 9.78. The van der Waals surface area contributed by atoms with Gasteiger partial charge in [-0.3, -0.25) is 0 Å². The van der Waals surface area contributed by atoms with Crippen LogP contribution >= 0.6 is 0 Å². The summed E-state index contributed by atoms with van der Waals surface area (Å²) < 4.78 is 5.46. The lowest BCUT2D eigenvalue weighted by atomic mass is 9.59. The molecule has 1 heterocycles. The number of benzene rings is 1. The maximum absolute atomic E-state index is 5.46. The number of likely N-dealkylation sites (tertiary alicyclic amines) is 1. The van der Waals surface area contributed by atoms with Gasteiger partial charge in [0.2, 0.25) is 0 Å². The number of nitrogens with zero attached hydrogens (tertiary/aromatic N) is 1. The summed E-state index contributed by atoms with van der Waals surface area (Å²) in [6, 6.07) is 7.56. The molecule has 0 N–H and O–H groups in total. The van der Waals surface area contributed by atoms with Crippen molar-refractivity contribution in [1.82, 2.24) is 4.90 Å². The molecule has 2 heteroatoms. The molecule has 0 aromatic heterocycles. The van der Waals surface area contributed by atoms with Crippen LogP contribution in [0.3, 0.4) is 0 Å². The van der Waals surface area contributed by atoms with Gasteiger partial charge in [0.15, 0.2) is 0 Å². The van der Waals surface area contributed by atoms with Crippen LogP contribution in [0.5, 0.6) is 5.75 Å². The molecule has 1 saturated carbocycles. The Balaban J connectivity index is 1.78. The fourth-order valence-corrected chi connectivity index (χ4v) is 5.17. The molecule has 2 nitrogen and oxygen atoms in total. The molecule has 0 amide bonds. The monoisotopic (exact) mass is 271 g/mol. The zero-order valence-corrected chi connectivity index (χ0v) is 12.6. The van der Waals surface area contributed by atoms with Crippen molar-refractivity contribution < 1.29 is 4.74 Å². The van der Waals surface area contributed by atoms with Crippen molar-refractivity contribution >= 4 is 0 Å². The molecule has 2 aliphatic carbocycles. The predicted octanol–water partition coefficient (Wildman–Crippen LogP) is 3.46. The van der Waals surface area contributed by atoms with Crippen molar-refractivity contribution in [2.75, 3.05) is 20.7 Å². The molecule has 20 heavy (non-hydrogen) atoms. The molecule has 3 aliphatic rings. The molecule has 2 fully saturated rings. The second-order valence-corrected chi connectivity index (χ2v) is 6.98. The maximum atomic E-state index is 5.46. The minimum absolute atomic E-state index is 0.778. The minimum atomic E-state index is 0.778. The number of hydrogen-bond donors (Lipinski definition) is 0. The van der Waals surface area contributed by atoms with Crippen LogP contribution in [-0.2, 0) is 6.42 Å². The average molecular weight is 271 g/mol. The van der Waals surface area contributed by atoms with E-state index in [9.17, 15) is 0 Å². The van der Waals surface area contributed by atoms with Gasteiger partial charge >= 0.3 is 0 Å². The zero-order valence-electron chi connectivity index (χ0n) is 12.6. The first-order valence-electron chi connectivity index (χ1n) is 8.15. The van der Waals surface area contributed by atoms with Crippen molar-refractivity contribution in [3.63, 3.8) is 0 Å². The van der Waals surface area contributed by atoms with Crippen molar-refractivity contribution in [1.29, 1.82) is 0 Å². The summed E-state index contributed by atoms with van der Waals surface area (Å²) in [6.07, 6.45) is 6.91. The first-order valence-corrected chi connectivity index (χ1v) is 8.15. The largest absolute Gasteiger partial charge is 0.497 e. The normalized spacial score (nSPS) is 36.1. The lowest BCUT2D eigenvalue weighted by Gasteiger charge is -2.53. The summed E-state index contributed by atoms with van der Waals surface area (Å²) >= 11 is 0. The molecule has 1 saturated heterocycles. The maximum Gasteiger partial charge on any atom is 0.119 e. The molecule has 4 atom stereocenters. The number of fused-ring (bicyclic) bond motifs is 2. The van der Waals surface area contributed by atoms with E-state index in [4.69, 9.17) is 4.74 Å². The first kappa shape index (κ1) is 12.7. The van der Waals surface area contributed by atoms with Gasteiger partial charge in [0.1, 0.15) is 5.75 Å². The van der Waals surface area contributed by atoms with Crippen LogP contribution in [0.2, 0.25) is 0 Å². The summed E-state index contributed by atoms with van der Waals surface area (Å²) in [6.45, 7) is 1.30. The van der Waals surface area contributed by atoms with E-state index in [0.717, 1.165) is 29.5 Å². The van der Waals surface area contributed by atoms with E-state index in [2.05, 4.69) is 30.1 Å². The third kappa shape index (κ3) is 1.81. The van der Waals surface area contributed by atoms with E-state index in [1.54, 1.807) is 18.2 Å². The van der Waals surface area contributed by atoms with Crippen LogP contribution in [0, 0.1) is 11.8 Å². The van der Waals surface area contributed by atoms with Gasteiger partial charge in [0.25, 0.3) is 0 Å². The summed E-state index contributed by atoms with van der Waals surface area (Å²) in [5.74, 6) is 3.67. The number of hydrogen-bond acceptors (Lipinski definition) is 2. The Morgan fingerprint density at radius 3 is 2.95 bits per heavy atom. The second kappa shape index (κ2) is 4.77. The zero-order chi connectivity index (χ0) is 13.7. The highest BCUT2D eigenvalue weighted by Gasteiger charge is 2.46. The lowest BCUT2D eigenvalue weighted by Crippen LogP contribution is -2.53. The number of likely N-dealkylation sites (N-methyl/N-ethyl adjacent to an activating group) is 1. The third-order valence-corrected chi connectivity index (χ3v) is 6.14. The quantitative estimate of drug-likeness (QED) is 0.775. The summed E-state index contributed by atoms with van der Waals surface area (Å²) in [5.41, 5.74) is 3.18. The second-order valence-electron chi connectivity index (χ2n) is 6.98. The number of ether oxygens (including phenoxy) is 1. The highest BCUT2D eigenvalue weighted by molar-refractivity contribution is 5.41. The van der Waals surface area contributed by atoms with Gasteiger partial charge in [-0.1, -0.05) is 18.9 Å². The molecule has 1 aromatic rings.